The Morgan fingerprint density at radius 3 is 2.15 bits per heavy atom. The maximum absolute atomic E-state index is 12.5. The van der Waals surface area contributed by atoms with E-state index in [-0.39, 0.29) is 11.8 Å². The number of nitrogens with zero attached hydrogens (tertiary/aromatic N) is 1. The van der Waals surface area contributed by atoms with Crippen LogP contribution >= 0.6 is 0 Å². The van der Waals surface area contributed by atoms with Crippen LogP contribution in [0.5, 0.6) is 0 Å². The lowest BCUT2D eigenvalue weighted by Crippen LogP contribution is -2.43. The molecule has 3 aliphatic carbocycles. The predicted molar refractivity (Wildman–Crippen MR) is 105 cm³/mol. The minimum Gasteiger partial charge on any atom is -0.352 e. The summed E-state index contributed by atoms with van der Waals surface area (Å²) in [6.07, 6.45) is 10.6. The highest BCUT2D eigenvalue weighted by atomic mass is 16.2. The molecule has 1 aromatic carbocycles. The molecule has 0 aliphatic heterocycles. The molecular weight excluding hydrogens is 338 g/mol. The highest BCUT2D eigenvalue weighted by Crippen LogP contribution is 2.28. The third-order valence-electron chi connectivity index (χ3n) is 5.89. The summed E-state index contributed by atoms with van der Waals surface area (Å²) >= 11 is 0. The molecule has 3 saturated carbocycles. The first kappa shape index (κ1) is 18.5. The molecule has 0 spiro atoms. The van der Waals surface area contributed by atoms with E-state index < -0.39 is 0 Å². The summed E-state index contributed by atoms with van der Waals surface area (Å²) in [6, 6.07) is 9.13. The third-order valence-corrected chi connectivity index (χ3v) is 5.89. The van der Waals surface area contributed by atoms with Gasteiger partial charge in [0.15, 0.2) is 0 Å². The lowest BCUT2D eigenvalue weighted by Gasteiger charge is -2.26. The molecule has 0 unspecified atom stereocenters. The normalized spacial score (nSPS) is 20.5. The van der Waals surface area contributed by atoms with Gasteiger partial charge in [-0.25, -0.2) is 0 Å². The van der Waals surface area contributed by atoms with Crippen molar-refractivity contribution >= 4 is 11.8 Å². The van der Waals surface area contributed by atoms with Crippen LogP contribution in [0.25, 0.3) is 0 Å². The largest absolute Gasteiger partial charge is 0.352 e. The Balaban J connectivity index is 1.29. The quantitative estimate of drug-likeness (QED) is 0.740. The van der Waals surface area contributed by atoms with Crippen LogP contribution < -0.4 is 10.6 Å². The number of hydrogen-bond donors (Lipinski definition) is 2. The van der Waals surface area contributed by atoms with Crippen LogP contribution in [0.1, 0.15) is 73.7 Å². The average Bonchev–Trinajstić information content (AvgIpc) is 3.57. The van der Waals surface area contributed by atoms with Gasteiger partial charge >= 0.3 is 0 Å². The van der Waals surface area contributed by atoms with Gasteiger partial charge in [0.1, 0.15) is 0 Å². The molecule has 3 fully saturated rings. The van der Waals surface area contributed by atoms with E-state index in [0.717, 1.165) is 43.4 Å². The molecule has 0 saturated heterocycles. The third kappa shape index (κ3) is 5.55. The fourth-order valence-electron chi connectivity index (χ4n) is 3.95. The van der Waals surface area contributed by atoms with Crippen LogP contribution in [-0.2, 0) is 11.3 Å². The Kier molecular flexibility index (Phi) is 5.77. The highest BCUT2D eigenvalue weighted by molar-refractivity contribution is 5.94. The average molecular weight is 370 g/mol. The molecule has 27 heavy (non-hydrogen) atoms. The molecule has 2 N–H and O–H groups in total. The van der Waals surface area contributed by atoms with Crippen LogP contribution in [0, 0.1) is 0 Å². The van der Waals surface area contributed by atoms with Gasteiger partial charge in [-0.15, -0.1) is 0 Å². The molecular formula is C22H31N3O2. The van der Waals surface area contributed by atoms with E-state index >= 15 is 0 Å². The molecule has 1 aromatic rings. The van der Waals surface area contributed by atoms with Gasteiger partial charge in [0, 0.05) is 30.2 Å². The van der Waals surface area contributed by atoms with Crippen molar-refractivity contribution in [2.24, 2.45) is 0 Å². The number of benzene rings is 1. The van der Waals surface area contributed by atoms with E-state index in [1.54, 1.807) is 0 Å². The summed E-state index contributed by atoms with van der Waals surface area (Å²) in [6.45, 7) is 1.25. The van der Waals surface area contributed by atoms with E-state index in [9.17, 15) is 9.59 Å². The second-order valence-corrected chi connectivity index (χ2v) is 8.48. The molecule has 0 radical (unpaired) electrons. The molecule has 0 bridgehead atoms. The number of nitrogens with one attached hydrogen (secondary N) is 2. The summed E-state index contributed by atoms with van der Waals surface area (Å²) in [5.74, 6) is 0.184. The second-order valence-electron chi connectivity index (χ2n) is 8.48. The molecule has 2 amide bonds. The van der Waals surface area contributed by atoms with Gasteiger partial charge in [-0.3, -0.25) is 14.5 Å². The summed E-state index contributed by atoms with van der Waals surface area (Å²) in [5.41, 5.74) is 1.88. The zero-order valence-corrected chi connectivity index (χ0v) is 16.1. The Bertz CT molecular complexity index is 659. The zero-order valence-electron chi connectivity index (χ0n) is 16.1. The number of hydrogen-bond acceptors (Lipinski definition) is 3. The van der Waals surface area contributed by atoms with Gasteiger partial charge < -0.3 is 10.6 Å². The van der Waals surface area contributed by atoms with Crippen molar-refractivity contribution in [1.29, 1.82) is 0 Å². The standard InChI is InChI=1S/C22H31N3O2/c26-21(23-18-4-2-1-3-5-18)15-25(20-12-13-20)14-16-6-8-17(9-7-16)22(27)24-19-10-11-19/h6-9,18-20H,1-5,10-15H2,(H,23,26)(H,24,27). The highest BCUT2D eigenvalue weighted by Gasteiger charge is 2.31. The lowest BCUT2D eigenvalue weighted by atomic mass is 9.95. The molecule has 0 atom stereocenters. The van der Waals surface area contributed by atoms with Crippen LogP contribution in [-0.4, -0.2) is 41.4 Å². The monoisotopic (exact) mass is 369 g/mol. The first-order chi connectivity index (χ1) is 13.2. The van der Waals surface area contributed by atoms with Crippen molar-refractivity contribution in [3.8, 4) is 0 Å². The number of carbonyl (C=O) groups excluding carboxylic acids is 2. The Labute approximate surface area is 161 Å². The van der Waals surface area contributed by atoms with E-state index in [1.165, 1.54) is 32.1 Å². The number of amides is 2. The van der Waals surface area contributed by atoms with Crippen LogP contribution in [0.15, 0.2) is 24.3 Å². The fraction of sp³-hybridized carbons (Fsp3) is 0.636. The summed E-state index contributed by atoms with van der Waals surface area (Å²) < 4.78 is 0. The molecule has 0 heterocycles. The van der Waals surface area contributed by atoms with Crippen LogP contribution in [0.3, 0.4) is 0 Å². The molecule has 5 heteroatoms. The van der Waals surface area contributed by atoms with Gasteiger partial charge in [0.25, 0.3) is 5.91 Å². The van der Waals surface area contributed by atoms with Crippen molar-refractivity contribution < 1.29 is 9.59 Å². The maximum Gasteiger partial charge on any atom is 0.251 e. The zero-order chi connectivity index (χ0) is 18.6. The van der Waals surface area contributed by atoms with Gasteiger partial charge in [-0.2, -0.15) is 0 Å². The van der Waals surface area contributed by atoms with Crippen molar-refractivity contribution in [2.75, 3.05) is 6.54 Å². The van der Waals surface area contributed by atoms with Gasteiger partial charge in [-0.05, 0) is 56.2 Å². The molecule has 3 aliphatic rings. The lowest BCUT2D eigenvalue weighted by molar-refractivity contribution is -0.123. The molecule has 5 nitrogen and oxygen atoms in total. The van der Waals surface area contributed by atoms with E-state index in [4.69, 9.17) is 0 Å². The van der Waals surface area contributed by atoms with E-state index in [2.05, 4.69) is 15.5 Å². The number of rotatable bonds is 8. The van der Waals surface area contributed by atoms with Crippen molar-refractivity contribution in [2.45, 2.75) is 82.5 Å². The van der Waals surface area contributed by atoms with Gasteiger partial charge in [0.05, 0.1) is 6.54 Å². The summed E-state index contributed by atoms with van der Waals surface area (Å²) in [5, 5.41) is 6.25. The minimum absolute atomic E-state index is 0.0231. The van der Waals surface area contributed by atoms with E-state index in [1.807, 2.05) is 24.3 Å². The molecule has 0 aromatic heterocycles. The van der Waals surface area contributed by atoms with Crippen molar-refractivity contribution in [3.05, 3.63) is 35.4 Å². The Morgan fingerprint density at radius 2 is 1.52 bits per heavy atom. The van der Waals surface area contributed by atoms with Crippen LogP contribution in [0.2, 0.25) is 0 Å². The molecule has 146 valence electrons. The van der Waals surface area contributed by atoms with Crippen molar-refractivity contribution in [3.63, 3.8) is 0 Å². The minimum atomic E-state index is 0.0231. The maximum atomic E-state index is 12.5. The first-order valence-electron chi connectivity index (χ1n) is 10.6. The summed E-state index contributed by atoms with van der Waals surface area (Å²) in [4.78, 5) is 26.9. The van der Waals surface area contributed by atoms with Gasteiger partial charge in [-0.1, -0.05) is 31.4 Å². The predicted octanol–water partition coefficient (Wildman–Crippen LogP) is 2.99. The molecule has 4 rings (SSSR count). The van der Waals surface area contributed by atoms with Crippen LogP contribution in [0.4, 0.5) is 0 Å². The SMILES string of the molecule is O=C(CN(Cc1ccc(C(=O)NC2CC2)cc1)C1CC1)NC1CCCCC1. The van der Waals surface area contributed by atoms with E-state index in [0.29, 0.717) is 24.7 Å². The van der Waals surface area contributed by atoms with Gasteiger partial charge in [0.2, 0.25) is 5.91 Å². The number of carbonyl (C=O) groups is 2. The Morgan fingerprint density at radius 1 is 0.852 bits per heavy atom. The Hall–Kier alpha value is -1.88. The second kappa shape index (κ2) is 8.42. The topological polar surface area (TPSA) is 61.4 Å². The fourth-order valence-corrected chi connectivity index (χ4v) is 3.95. The summed E-state index contributed by atoms with van der Waals surface area (Å²) in [7, 11) is 0. The smallest absolute Gasteiger partial charge is 0.251 e. The first-order valence-corrected chi connectivity index (χ1v) is 10.6. The van der Waals surface area contributed by atoms with Crippen molar-refractivity contribution in [1.82, 2.24) is 15.5 Å².